The van der Waals surface area contributed by atoms with Crippen molar-refractivity contribution >= 4 is 17.7 Å². The fraction of sp³-hybridized carbons (Fsp3) is 0.227. The summed E-state index contributed by atoms with van der Waals surface area (Å²) in [5.41, 5.74) is 2.89. The minimum atomic E-state index is -0.311. The molecule has 150 valence electrons. The number of nitrogens with zero attached hydrogens (tertiary/aromatic N) is 2. The summed E-state index contributed by atoms with van der Waals surface area (Å²) in [6, 6.07) is 15.7. The maximum Gasteiger partial charge on any atom is 0.257 e. The lowest BCUT2D eigenvalue weighted by Crippen LogP contribution is -2.28. The van der Waals surface area contributed by atoms with E-state index in [1.165, 1.54) is 28.5 Å². The zero-order valence-electron chi connectivity index (χ0n) is 16.3. The minimum Gasteiger partial charge on any atom is -0.351 e. The highest BCUT2D eigenvalue weighted by molar-refractivity contribution is 7.99. The van der Waals surface area contributed by atoms with Crippen LogP contribution in [0.2, 0.25) is 0 Å². The van der Waals surface area contributed by atoms with E-state index < -0.39 is 0 Å². The van der Waals surface area contributed by atoms with Crippen molar-refractivity contribution < 1.29 is 9.18 Å². The third-order valence-corrected chi connectivity index (χ3v) is 5.54. The normalized spacial score (nSPS) is 10.7. The first-order valence-electron chi connectivity index (χ1n) is 9.18. The summed E-state index contributed by atoms with van der Waals surface area (Å²) in [5.74, 6) is -0.265. The number of benzene rings is 2. The third kappa shape index (κ3) is 5.54. The highest BCUT2D eigenvalue weighted by Gasteiger charge is 2.14. The van der Waals surface area contributed by atoms with Gasteiger partial charge in [0.15, 0.2) is 5.16 Å². The molecule has 0 bridgehead atoms. The molecule has 2 aromatic carbocycles. The standard InChI is InChI=1S/C22H22FN3O2S/c1-15-19(12-16-8-10-18(23)11-9-16)21(28)26(2)22(25-15)29-14-20(27)24-13-17-6-4-3-5-7-17/h3-11H,12-14H2,1-2H3,(H,24,27). The maximum atomic E-state index is 13.1. The molecule has 0 aliphatic heterocycles. The molecule has 0 fully saturated rings. The van der Waals surface area contributed by atoms with Crippen molar-refractivity contribution in [3.63, 3.8) is 0 Å². The van der Waals surface area contributed by atoms with E-state index in [0.717, 1.165) is 11.1 Å². The Hall–Kier alpha value is -2.93. The summed E-state index contributed by atoms with van der Waals surface area (Å²) >= 11 is 1.23. The van der Waals surface area contributed by atoms with Crippen LogP contribution in [0.1, 0.15) is 22.4 Å². The number of hydrogen-bond donors (Lipinski definition) is 1. The summed E-state index contributed by atoms with van der Waals surface area (Å²) in [6.07, 6.45) is 0.383. The molecule has 0 unspecified atom stereocenters. The molecule has 0 spiro atoms. The van der Waals surface area contributed by atoms with Gasteiger partial charge in [-0.2, -0.15) is 0 Å². The fourth-order valence-corrected chi connectivity index (χ4v) is 3.69. The largest absolute Gasteiger partial charge is 0.351 e. The van der Waals surface area contributed by atoms with Crippen molar-refractivity contribution in [3.8, 4) is 0 Å². The highest BCUT2D eigenvalue weighted by Crippen LogP contribution is 2.16. The van der Waals surface area contributed by atoms with E-state index in [1.807, 2.05) is 30.3 Å². The highest BCUT2D eigenvalue weighted by atomic mass is 32.2. The van der Waals surface area contributed by atoms with E-state index in [9.17, 15) is 14.0 Å². The lowest BCUT2D eigenvalue weighted by Gasteiger charge is -2.12. The van der Waals surface area contributed by atoms with Gasteiger partial charge < -0.3 is 5.32 Å². The second-order valence-corrected chi connectivity index (χ2v) is 7.62. The van der Waals surface area contributed by atoms with Crippen molar-refractivity contribution in [2.24, 2.45) is 7.05 Å². The van der Waals surface area contributed by atoms with E-state index in [4.69, 9.17) is 0 Å². The molecular weight excluding hydrogens is 389 g/mol. The van der Waals surface area contributed by atoms with Crippen LogP contribution in [-0.4, -0.2) is 21.2 Å². The number of carbonyl (C=O) groups is 1. The number of thioether (sulfide) groups is 1. The van der Waals surface area contributed by atoms with E-state index in [2.05, 4.69) is 10.3 Å². The topological polar surface area (TPSA) is 64.0 Å². The zero-order valence-corrected chi connectivity index (χ0v) is 17.1. The molecule has 7 heteroatoms. The Bertz CT molecular complexity index is 1050. The first kappa shape index (κ1) is 20.8. The summed E-state index contributed by atoms with van der Waals surface area (Å²) in [5, 5.41) is 3.35. The Kier molecular flexibility index (Phi) is 6.82. The van der Waals surface area contributed by atoms with Crippen molar-refractivity contribution in [3.05, 3.63) is 93.2 Å². The van der Waals surface area contributed by atoms with Gasteiger partial charge in [0.2, 0.25) is 5.91 Å². The summed E-state index contributed by atoms with van der Waals surface area (Å²) in [6.45, 7) is 2.24. The SMILES string of the molecule is Cc1nc(SCC(=O)NCc2ccccc2)n(C)c(=O)c1Cc1ccc(F)cc1. The van der Waals surface area contributed by atoms with Gasteiger partial charge in [0.1, 0.15) is 5.82 Å². The van der Waals surface area contributed by atoms with Crippen LogP contribution in [0.25, 0.3) is 0 Å². The Morgan fingerprint density at radius 2 is 1.79 bits per heavy atom. The fourth-order valence-electron chi connectivity index (χ4n) is 2.85. The molecule has 0 radical (unpaired) electrons. The third-order valence-electron chi connectivity index (χ3n) is 4.51. The van der Waals surface area contributed by atoms with Gasteiger partial charge in [-0.15, -0.1) is 0 Å². The monoisotopic (exact) mass is 411 g/mol. The maximum absolute atomic E-state index is 13.1. The van der Waals surface area contributed by atoms with Gasteiger partial charge in [-0.25, -0.2) is 9.37 Å². The number of hydrogen-bond acceptors (Lipinski definition) is 4. The number of nitrogens with one attached hydrogen (secondary N) is 1. The van der Waals surface area contributed by atoms with E-state index >= 15 is 0 Å². The molecule has 5 nitrogen and oxygen atoms in total. The van der Waals surface area contributed by atoms with Crippen LogP contribution >= 0.6 is 11.8 Å². The number of amides is 1. The van der Waals surface area contributed by atoms with Crippen LogP contribution in [0, 0.1) is 12.7 Å². The Balaban J connectivity index is 1.65. The van der Waals surface area contributed by atoms with Crippen LogP contribution in [0.15, 0.2) is 64.5 Å². The van der Waals surface area contributed by atoms with Gasteiger partial charge in [-0.1, -0.05) is 54.2 Å². The van der Waals surface area contributed by atoms with Gasteiger partial charge in [0.05, 0.1) is 5.75 Å². The Labute approximate surface area is 173 Å². The molecule has 3 aromatic rings. The molecule has 29 heavy (non-hydrogen) atoms. The molecule has 0 saturated heterocycles. The van der Waals surface area contributed by atoms with E-state index in [0.29, 0.717) is 29.4 Å². The van der Waals surface area contributed by atoms with Crippen LogP contribution in [0.3, 0.4) is 0 Å². The molecular formula is C22H22FN3O2S. The lowest BCUT2D eigenvalue weighted by atomic mass is 10.1. The molecule has 0 aliphatic rings. The minimum absolute atomic E-state index is 0.124. The first-order chi connectivity index (χ1) is 13.9. The molecule has 1 heterocycles. The summed E-state index contributed by atoms with van der Waals surface area (Å²) in [7, 11) is 1.65. The van der Waals surface area contributed by atoms with Crippen molar-refractivity contribution in [2.45, 2.75) is 25.0 Å². The predicted molar refractivity (Wildman–Crippen MR) is 112 cm³/mol. The number of aryl methyl sites for hydroxylation is 1. The van der Waals surface area contributed by atoms with Crippen molar-refractivity contribution in [1.29, 1.82) is 0 Å². The van der Waals surface area contributed by atoms with Crippen molar-refractivity contribution in [2.75, 3.05) is 5.75 Å². The molecule has 0 aliphatic carbocycles. The van der Waals surface area contributed by atoms with Crippen LogP contribution in [0.5, 0.6) is 0 Å². The van der Waals surface area contributed by atoms with Gasteiger partial charge >= 0.3 is 0 Å². The predicted octanol–water partition coefficient (Wildman–Crippen LogP) is 3.23. The molecule has 0 saturated carbocycles. The van der Waals surface area contributed by atoms with Gasteiger partial charge in [-0.05, 0) is 30.2 Å². The number of carbonyl (C=O) groups excluding carboxylic acids is 1. The molecule has 1 aromatic heterocycles. The quantitative estimate of drug-likeness (QED) is 0.479. The second-order valence-electron chi connectivity index (χ2n) is 6.68. The average molecular weight is 412 g/mol. The van der Waals surface area contributed by atoms with Gasteiger partial charge in [0, 0.05) is 31.3 Å². The van der Waals surface area contributed by atoms with Gasteiger partial charge in [-0.3, -0.25) is 14.2 Å². The summed E-state index contributed by atoms with van der Waals surface area (Å²) in [4.78, 5) is 29.4. The molecule has 1 N–H and O–H groups in total. The van der Waals surface area contributed by atoms with E-state index in [1.54, 1.807) is 26.1 Å². The number of aromatic nitrogens is 2. The van der Waals surface area contributed by atoms with Crippen molar-refractivity contribution in [1.82, 2.24) is 14.9 Å². The zero-order chi connectivity index (χ0) is 20.8. The van der Waals surface area contributed by atoms with Crippen LogP contribution < -0.4 is 10.9 Å². The van der Waals surface area contributed by atoms with Crippen LogP contribution in [-0.2, 0) is 24.8 Å². The molecule has 3 rings (SSSR count). The van der Waals surface area contributed by atoms with E-state index in [-0.39, 0.29) is 23.0 Å². The average Bonchev–Trinajstić information content (AvgIpc) is 2.73. The second kappa shape index (κ2) is 9.52. The number of halogens is 1. The van der Waals surface area contributed by atoms with Crippen LogP contribution in [0.4, 0.5) is 4.39 Å². The Morgan fingerprint density at radius 3 is 2.48 bits per heavy atom. The van der Waals surface area contributed by atoms with Gasteiger partial charge in [0.25, 0.3) is 5.56 Å². The Morgan fingerprint density at radius 1 is 1.10 bits per heavy atom. The summed E-state index contributed by atoms with van der Waals surface area (Å²) < 4.78 is 14.5. The first-order valence-corrected chi connectivity index (χ1v) is 10.2. The lowest BCUT2D eigenvalue weighted by molar-refractivity contribution is -0.118. The smallest absolute Gasteiger partial charge is 0.257 e. The molecule has 1 amide bonds. The number of rotatable bonds is 7. The molecule has 0 atom stereocenters.